The molecular weight excluding hydrogens is 350 g/mol. The van der Waals surface area contributed by atoms with E-state index < -0.39 is 24.5 Å². The zero-order valence-electron chi connectivity index (χ0n) is 15.5. The molecule has 0 saturated heterocycles. The number of hydrogen-bond donors (Lipinski definition) is 0. The Bertz CT molecular complexity index is 453. The third-order valence-corrected chi connectivity index (χ3v) is 3.02. The molecule has 150 valence electrons. The van der Waals surface area contributed by atoms with E-state index in [1.807, 2.05) is 0 Å². The molecule has 0 radical (unpaired) electrons. The maximum Gasteiger partial charge on any atom is 0.344 e. The maximum atomic E-state index is 11.4. The lowest BCUT2D eigenvalue weighted by molar-refractivity contribution is -0.158. The summed E-state index contributed by atoms with van der Waals surface area (Å²) in [7, 11) is 1.29. The number of nitrogens with zero attached hydrogens (tertiary/aromatic N) is 1. The zero-order valence-corrected chi connectivity index (χ0v) is 15.5. The molecule has 0 unspecified atom stereocenters. The molecule has 0 heterocycles. The standard InChI is InChI=1S/C16H27NO9/c1-4-23-11-15(20)24-9-7-17(6-5-14(19)22-3)8-10-25-16(21)12-26-13(2)18/h4-12H2,1-3H3. The van der Waals surface area contributed by atoms with Gasteiger partial charge in [0.15, 0.2) is 6.61 Å². The second-order valence-electron chi connectivity index (χ2n) is 5.03. The zero-order chi connectivity index (χ0) is 19.8. The summed E-state index contributed by atoms with van der Waals surface area (Å²) in [6, 6.07) is 0. The molecule has 0 N–H and O–H groups in total. The number of carbonyl (C=O) groups excluding carboxylic acids is 4. The SMILES string of the molecule is CCOCC(=O)OCCN(CCOC(=O)COC(C)=O)CCC(=O)OC. The lowest BCUT2D eigenvalue weighted by Crippen LogP contribution is -2.34. The van der Waals surface area contributed by atoms with Crippen molar-refractivity contribution in [2.75, 3.05) is 59.8 Å². The second kappa shape index (κ2) is 15.1. The number of carbonyl (C=O) groups is 4. The molecule has 10 heteroatoms. The van der Waals surface area contributed by atoms with E-state index in [1.165, 1.54) is 14.0 Å². The summed E-state index contributed by atoms with van der Waals surface area (Å²) in [6.07, 6.45) is 0.144. The van der Waals surface area contributed by atoms with Crippen LogP contribution in [0.4, 0.5) is 0 Å². The summed E-state index contributed by atoms with van der Waals surface area (Å²) in [5.74, 6) is -2.10. The van der Waals surface area contributed by atoms with E-state index in [9.17, 15) is 19.2 Å². The third-order valence-electron chi connectivity index (χ3n) is 3.02. The molecular formula is C16H27NO9. The highest BCUT2D eigenvalue weighted by molar-refractivity contribution is 5.75. The van der Waals surface area contributed by atoms with Crippen LogP contribution in [0.2, 0.25) is 0 Å². The monoisotopic (exact) mass is 377 g/mol. The van der Waals surface area contributed by atoms with Crippen molar-refractivity contribution in [1.82, 2.24) is 4.90 Å². The highest BCUT2D eigenvalue weighted by Gasteiger charge is 2.12. The number of methoxy groups -OCH3 is 1. The first-order valence-electron chi connectivity index (χ1n) is 8.20. The Balaban J connectivity index is 4.20. The van der Waals surface area contributed by atoms with Crippen molar-refractivity contribution in [3.8, 4) is 0 Å². The molecule has 0 rings (SSSR count). The fourth-order valence-corrected chi connectivity index (χ4v) is 1.69. The van der Waals surface area contributed by atoms with Crippen molar-refractivity contribution in [3.05, 3.63) is 0 Å². The van der Waals surface area contributed by atoms with E-state index in [1.54, 1.807) is 11.8 Å². The molecule has 26 heavy (non-hydrogen) atoms. The van der Waals surface area contributed by atoms with Crippen LogP contribution in [0.1, 0.15) is 20.3 Å². The average molecular weight is 377 g/mol. The summed E-state index contributed by atoms with van der Waals surface area (Å²) in [5.41, 5.74) is 0. The normalized spacial score (nSPS) is 10.3. The van der Waals surface area contributed by atoms with Gasteiger partial charge < -0.3 is 23.7 Å². The van der Waals surface area contributed by atoms with Gasteiger partial charge in [0.05, 0.1) is 13.5 Å². The van der Waals surface area contributed by atoms with Crippen molar-refractivity contribution >= 4 is 23.9 Å². The molecule has 0 aliphatic heterocycles. The molecule has 0 spiro atoms. The van der Waals surface area contributed by atoms with E-state index in [0.717, 1.165) is 0 Å². The predicted octanol–water partition coefficient (Wildman–Crippen LogP) is -0.462. The average Bonchev–Trinajstić information content (AvgIpc) is 2.61. The topological polar surface area (TPSA) is 118 Å². The minimum Gasteiger partial charge on any atom is -0.469 e. The van der Waals surface area contributed by atoms with Gasteiger partial charge in [-0.05, 0) is 6.92 Å². The Morgan fingerprint density at radius 1 is 0.808 bits per heavy atom. The van der Waals surface area contributed by atoms with Crippen molar-refractivity contribution in [2.24, 2.45) is 0 Å². The highest BCUT2D eigenvalue weighted by atomic mass is 16.6. The van der Waals surface area contributed by atoms with Crippen LogP contribution in [0.3, 0.4) is 0 Å². The van der Waals surface area contributed by atoms with Gasteiger partial charge in [0, 0.05) is 33.2 Å². The Morgan fingerprint density at radius 2 is 1.38 bits per heavy atom. The molecule has 10 nitrogen and oxygen atoms in total. The Labute approximate surface area is 152 Å². The molecule has 0 amide bonds. The van der Waals surface area contributed by atoms with Crippen molar-refractivity contribution in [2.45, 2.75) is 20.3 Å². The van der Waals surface area contributed by atoms with E-state index in [0.29, 0.717) is 26.2 Å². The van der Waals surface area contributed by atoms with Gasteiger partial charge in [-0.2, -0.15) is 0 Å². The van der Waals surface area contributed by atoms with Gasteiger partial charge in [-0.1, -0.05) is 0 Å². The van der Waals surface area contributed by atoms with Crippen molar-refractivity contribution in [1.29, 1.82) is 0 Å². The largest absolute Gasteiger partial charge is 0.469 e. The van der Waals surface area contributed by atoms with Crippen LogP contribution in [0.15, 0.2) is 0 Å². The Kier molecular flexibility index (Phi) is 13.8. The second-order valence-corrected chi connectivity index (χ2v) is 5.03. The highest BCUT2D eigenvalue weighted by Crippen LogP contribution is 1.96. The quantitative estimate of drug-likeness (QED) is 0.290. The van der Waals surface area contributed by atoms with Crippen LogP contribution in [-0.4, -0.2) is 88.6 Å². The summed E-state index contributed by atoms with van der Waals surface area (Å²) in [6.45, 7) is 3.94. The summed E-state index contributed by atoms with van der Waals surface area (Å²) in [5, 5.41) is 0. The van der Waals surface area contributed by atoms with E-state index in [-0.39, 0.29) is 32.2 Å². The van der Waals surface area contributed by atoms with E-state index >= 15 is 0 Å². The smallest absolute Gasteiger partial charge is 0.344 e. The predicted molar refractivity (Wildman–Crippen MR) is 88.1 cm³/mol. The van der Waals surface area contributed by atoms with Gasteiger partial charge in [0.1, 0.15) is 19.8 Å². The number of rotatable bonds is 14. The minimum atomic E-state index is -0.670. The molecule has 0 saturated carbocycles. The van der Waals surface area contributed by atoms with Crippen LogP contribution < -0.4 is 0 Å². The third kappa shape index (κ3) is 14.2. The molecule has 0 aliphatic rings. The first-order chi connectivity index (χ1) is 12.4. The van der Waals surface area contributed by atoms with E-state index in [4.69, 9.17) is 14.2 Å². The van der Waals surface area contributed by atoms with Crippen LogP contribution in [0, 0.1) is 0 Å². The number of ether oxygens (including phenoxy) is 5. The van der Waals surface area contributed by atoms with Gasteiger partial charge in [-0.25, -0.2) is 9.59 Å². The van der Waals surface area contributed by atoms with Crippen LogP contribution in [0.25, 0.3) is 0 Å². The fraction of sp³-hybridized carbons (Fsp3) is 0.750. The molecule has 0 bridgehead atoms. The Morgan fingerprint density at radius 3 is 1.88 bits per heavy atom. The lowest BCUT2D eigenvalue weighted by Gasteiger charge is -2.21. The molecule has 0 aromatic carbocycles. The number of hydrogen-bond acceptors (Lipinski definition) is 10. The fourth-order valence-electron chi connectivity index (χ4n) is 1.69. The van der Waals surface area contributed by atoms with Gasteiger partial charge in [0.25, 0.3) is 0 Å². The summed E-state index contributed by atoms with van der Waals surface area (Å²) < 4.78 is 24.0. The summed E-state index contributed by atoms with van der Waals surface area (Å²) in [4.78, 5) is 46.4. The van der Waals surface area contributed by atoms with Crippen LogP contribution in [-0.2, 0) is 42.9 Å². The van der Waals surface area contributed by atoms with Gasteiger partial charge in [-0.15, -0.1) is 0 Å². The molecule has 0 aromatic rings. The van der Waals surface area contributed by atoms with Gasteiger partial charge in [-0.3, -0.25) is 14.5 Å². The molecule has 0 fully saturated rings. The first-order valence-corrected chi connectivity index (χ1v) is 8.20. The van der Waals surface area contributed by atoms with Gasteiger partial charge in [0.2, 0.25) is 0 Å². The van der Waals surface area contributed by atoms with Gasteiger partial charge >= 0.3 is 23.9 Å². The maximum absolute atomic E-state index is 11.4. The molecule has 0 atom stereocenters. The molecule has 0 aliphatic carbocycles. The van der Waals surface area contributed by atoms with E-state index in [2.05, 4.69) is 9.47 Å². The molecule has 0 aromatic heterocycles. The number of esters is 4. The van der Waals surface area contributed by atoms with Crippen LogP contribution >= 0.6 is 0 Å². The minimum absolute atomic E-state index is 0.0359. The Hall–Kier alpha value is -2.20. The van der Waals surface area contributed by atoms with Crippen molar-refractivity contribution in [3.63, 3.8) is 0 Å². The first kappa shape index (κ1) is 23.8. The lowest BCUT2D eigenvalue weighted by atomic mass is 10.3. The van der Waals surface area contributed by atoms with Crippen LogP contribution in [0.5, 0.6) is 0 Å². The van der Waals surface area contributed by atoms with Crippen molar-refractivity contribution < 1.29 is 42.9 Å². The summed E-state index contributed by atoms with van der Waals surface area (Å²) >= 11 is 0.